The van der Waals surface area contributed by atoms with Crippen molar-refractivity contribution in [2.45, 2.75) is 6.92 Å². The lowest BCUT2D eigenvalue weighted by molar-refractivity contribution is 0.102. The number of aliphatic hydroxyl groups is 1. The highest BCUT2D eigenvalue weighted by atomic mass is 19.1. The number of benzene rings is 1. The van der Waals surface area contributed by atoms with Crippen LogP contribution in [0.1, 0.15) is 21.7 Å². The Kier molecular flexibility index (Phi) is 4.18. The molecule has 2 N–H and O–H groups in total. The van der Waals surface area contributed by atoms with Crippen molar-refractivity contribution in [2.24, 2.45) is 0 Å². The third kappa shape index (κ3) is 3.25. The number of amides is 1. The van der Waals surface area contributed by atoms with Gasteiger partial charge in [-0.05, 0) is 31.2 Å². The molecule has 4 nitrogen and oxygen atoms in total. The standard InChI is InChI=1S/C15H12FNO3/c1-10-7-12(9-20-10)15(19)17-14-5-4-11(3-2-6-18)8-13(14)16/h4-5,7-9,18H,6H2,1H3,(H,17,19). The molecule has 0 aliphatic rings. The van der Waals surface area contributed by atoms with Gasteiger partial charge in [0.25, 0.3) is 5.91 Å². The number of carbonyl (C=O) groups is 1. The van der Waals surface area contributed by atoms with Gasteiger partial charge in [-0.15, -0.1) is 0 Å². The van der Waals surface area contributed by atoms with Crippen molar-refractivity contribution < 1.29 is 18.7 Å². The lowest BCUT2D eigenvalue weighted by atomic mass is 10.2. The van der Waals surface area contributed by atoms with E-state index in [4.69, 9.17) is 9.52 Å². The Morgan fingerprint density at radius 1 is 1.45 bits per heavy atom. The summed E-state index contributed by atoms with van der Waals surface area (Å²) in [5, 5.41) is 11.0. The minimum absolute atomic E-state index is 0.0587. The van der Waals surface area contributed by atoms with Crippen molar-refractivity contribution in [3.63, 3.8) is 0 Å². The summed E-state index contributed by atoms with van der Waals surface area (Å²) in [6.07, 6.45) is 1.31. The second-order valence-electron chi connectivity index (χ2n) is 4.05. The molecule has 0 saturated heterocycles. The van der Waals surface area contributed by atoms with Crippen molar-refractivity contribution in [2.75, 3.05) is 11.9 Å². The zero-order chi connectivity index (χ0) is 14.5. The van der Waals surface area contributed by atoms with Crippen LogP contribution < -0.4 is 5.32 Å². The maximum atomic E-state index is 13.8. The summed E-state index contributed by atoms with van der Waals surface area (Å²) < 4.78 is 18.8. The first kappa shape index (κ1) is 13.8. The molecule has 1 heterocycles. The van der Waals surface area contributed by atoms with E-state index in [1.807, 2.05) is 0 Å². The predicted octanol–water partition coefficient (Wildman–Crippen LogP) is 2.32. The van der Waals surface area contributed by atoms with Gasteiger partial charge < -0.3 is 14.8 Å². The number of hydrogen-bond acceptors (Lipinski definition) is 3. The van der Waals surface area contributed by atoms with Crippen LogP contribution in [0.5, 0.6) is 0 Å². The van der Waals surface area contributed by atoms with Crippen LogP contribution in [-0.2, 0) is 0 Å². The van der Waals surface area contributed by atoms with Gasteiger partial charge in [0.15, 0.2) is 0 Å². The summed E-state index contributed by atoms with van der Waals surface area (Å²) in [6, 6.07) is 5.73. The highest BCUT2D eigenvalue weighted by Crippen LogP contribution is 2.17. The summed E-state index contributed by atoms with van der Waals surface area (Å²) in [6.45, 7) is 1.42. The molecule has 5 heteroatoms. The number of anilines is 1. The van der Waals surface area contributed by atoms with Crippen LogP contribution in [0.25, 0.3) is 0 Å². The second kappa shape index (κ2) is 6.04. The van der Waals surface area contributed by atoms with Crippen LogP contribution in [0.2, 0.25) is 0 Å². The highest BCUT2D eigenvalue weighted by Gasteiger charge is 2.11. The van der Waals surface area contributed by atoms with E-state index in [0.29, 0.717) is 16.9 Å². The fourth-order valence-electron chi connectivity index (χ4n) is 1.59. The summed E-state index contributed by atoms with van der Waals surface area (Å²) in [4.78, 5) is 11.8. The van der Waals surface area contributed by atoms with Gasteiger partial charge >= 0.3 is 0 Å². The number of rotatable bonds is 2. The number of halogens is 1. The van der Waals surface area contributed by atoms with Crippen LogP contribution in [0, 0.1) is 24.6 Å². The summed E-state index contributed by atoms with van der Waals surface area (Å²) in [7, 11) is 0. The van der Waals surface area contributed by atoms with E-state index in [1.54, 1.807) is 19.1 Å². The Morgan fingerprint density at radius 3 is 2.85 bits per heavy atom. The minimum Gasteiger partial charge on any atom is -0.469 e. The van der Waals surface area contributed by atoms with E-state index >= 15 is 0 Å². The molecule has 0 radical (unpaired) electrons. The van der Waals surface area contributed by atoms with Gasteiger partial charge in [-0.2, -0.15) is 0 Å². The van der Waals surface area contributed by atoms with Crippen LogP contribution in [0.4, 0.5) is 10.1 Å². The molecule has 20 heavy (non-hydrogen) atoms. The van der Waals surface area contributed by atoms with Crippen LogP contribution in [0.3, 0.4) is 0 Å². The first-order valence-corrected chi connectivity index (χ1v) is 5.86. The van der Waals surface area contributed by atoms with Gasteiger partial charge in [-0.3, -0.25) is 4.79 Å². The molecule has 0 unspecified atom stereocenters. The smallest absolute Gasteiger partial charge is 0.259 e. The Bertz CT molecular complexity index is 695. The summed E-state index contributed by atoms with van der Waals surface area (Å²) in [5.74, 6) is 4.56. The molecule has 0 aliphatic heterocycles. The van der Waals surface area contributed by atoms with E-state index in [0.717, 1.165) is 0 Å². The quantitative estimate of drug-likeness (QED) is 0.825. The third-order valence-corrected chi connectivity index (χ3v) is 2.52. The number of hydrogen-bond donors (Lipinski definition) is 2. The first-order chi connectivity index (χ1) is 9.60. The number of furan rings is 1. The van der Waals surface area contributed by atoms with Crippen molar-refractivity contribution in [3.05, 3.63) is 53.2 Å². The topological polar surface area (TPSA) is 62.5 Å². The Morgan fingerprint density at radius 2 is 2.25 bits per heavy atom. The number of aliphatic hydroxyl groups excluding tert-OH is 1. The summed E-state index contributed by atoms with van der Waals surface area (Å²) >= 11 is 0. The number of carbonyl (C=O) groups excluding carboxylic acids is 1. The molecule has 0 fully saturated rings. The van der Waals surface area contributed by atoms with Crippen LogP contribution in [-0.4, -0.2) is 17.6 Å². The third-order valence-electron chi connectivity index (χ3n) is 2.52. The molecule has 0 bridgehead atoms. The molecule has 2 rings (SSSR count). The Labute approximate surface area is 115 Å². The van der Waals surface area contributed by atoms with Crippen LogP contribution in [0.15, 0.2) is 34.9 Å². The fraction of sp³-hybridized carbons (Fsp3) is 0.133. The number of nitrogens with one attached hydrogen (secondary N) is 1. The largest absolute Gasteiger partial charge is 0.469 e. The van der Waals surface area contributed by atoms with E-state index < -0.39 is 11.7 Å². The lowest BCUT2D eigenvalue weighted by Crippen LogP contribution is -2.12. The maximum absolute atomic E-state index is 13.8. The van der Waals surface area contributed by atoms with Crippen molar-refractivity contribution in [1.82, 2.24) is 0 Å². The minimum atomic E-state index is -0.594. The highest BCUT2D eigenvalue weighted by molar-refractivity contribution is 6.04. The van der Waals surface area contributed by atoms with Crippen molar-refractivity contribution >= 4 is 11.6 Å². The fourth-order valence-corrected chi connectivity index (χ4v) is 1.59. The van der Waals surface area contributed by atoms with Crippen LogP contribution >= 0.6 is 0 Å². The monoisotopic (exact) mass is 273 g/mol. The molecule has 2 aromatic rings. The normalized spacial score (nSPS) is 9.75. The molecule has 102 valence electrons. The molecule has 0 atom stereocenters. The van der Waals surface area contributed by atoms with E-state index in [1.165, 1.54) is 18.4 Å². The van der Waals surface area contributed by atoms with Gasteiger partial charge in [-0.1, -0.05) is 11.8 Å². The molecule has 1 amide bonds. The zero-order valence-corrected chi connectivity index (χ0v) is 10.7. The average Bonchev–Trinajstić information content (AvgIpc) is 2.86. The molecule has 1 aromatic heterocycles. The molecule has 0 aliphatic carbocycles. The van der Waals surface area contributed by atoms with E-state index in [-0.39, 0.29) is 12.3 Å². The molecular weight excluding hydrogens is 261 g/mol. The second-order valence-corrected chi connectivity index (χ2v) is 4.05. The average molecular weight is 273 g/mol. The van der Waals surface area contributed by atoms with E-state index in [9.17, 15) is 9.18 Å². The molecule has 0 spiro atoms. The van der Waals surface area contributed by atoms with Crippen molar-refractivity contribution in [1.29, 1.82) is 0 Å². The zero-order valence-electron chi connectivity index (χ0n) is 10.7. The van der Waals surface area contributed by atoms with E-state index in [2.05, 4.69) is 17.2 Å². The van der Waals surface area contributed by atoms with Crippen molar-refractivity contribution in [3.8, 4) is 11.8 Å². The molecular formula is C15H12FNO3. The number of aryl methyl sites for hydroxylation is 1. The SMILES string of the molecule is Cc1cc(C(=O)Nc2ccc(C#CCO)cc2F)co1. The molecule has 1 aromatic carbocycles. The Hall–Kier alpha value is -2.58. The predicted molar refractivity (Wildman–Crippen MR) is 71.8 cm³/mol. The maximum Gasteiger partial charge on any atom is 0.259 e. The van der Waals surface area contributed by atoms with Gasteiger partial charge in [0.05, 0.1) is 11.3 Å². The first-order valence-electron chi connectivity index (χ1n) is 5.86. The van der Waals surface area contributed by atoms with Gasteiger partial charge in [0, 0.05) is 5.56 Å². The van der Waals surface area contributed by atoms with Gasteiger partial charge in [0.2, 0.25) is 0 Å². The van der Waals surface area contributed by atoms with Gasteiger partial charge in [0.1, 0.15) is 24.4 Å². The molecule has 0 saturated carbocycles. The Balaban J connectivity index is 2.16. The van der Waals surface area contributed by atoms with Gasteiger partial charge in [-0.25, -0.2) is 4.39 Å². The lowest BCUT2D eigenvalue weighted by Gasteiger charge is -2.05. The summed E-state index contributed by atoms with van der Waals surface area (Å²) in [5.41, 5.74) is 0.808.